The van der Waals surface area contributed by atoms with Crippen molar-refractivity contribution in [1.29, 1.82) is 0 Å². The van der Waals surface area contributed by atoms with E-state index in [1.54, 1.807) is 18.2 Å². The van der Waals surface area contributed by atoms with E-state index in [9.17, 15) is 10.1 Å². The van der Waals surface area contributed by atoms with E-state index in [2.05, 4.69) is 14.7 Å². The maximum absolute atomic E-state index is 11.3. The largest absolute Gasteiger partial charge is 0.380 e. The average molecular weight is 310 g/mol. The Morgan fingerprint density at radius 1 is 1.45 bits per heavy atom. The fourth-order valence-electron chi connectivity index (χ4n) is 1.64. The number of anilines is 1. The Hall–Kier alpha value is -1.67. The van der Waals surface area contributed by atoms with Gasteiger partial charge in [-0.2, -0.15) is 4.37 Å². The molecule has 0 atom stereocenters. The molecule has 2 aromatic rings. The summed E-state index contributed by atoms with van der Waals surface area (Å²) in [6.45, 7) is 4.51. The normalized spacial score (nSPS) is 10.5. The zero-order valence-corrected chi connectivity index (χ0v) is 12.8. The second kappa shape index (κ2) is 6.67. The minimum absolute atomic E-state index is 0.0904. The molecule has 6 nitrogen and oxygen atoms in total. The molecule has 20 heavy (non-hydrogen) atoms. The summed E-state index contributed by atoms with van der Waals surface area (Å²) in [6.07, 6.45) is 0.760. The van der Waals surface area contributed by atoms with Crippen molar-refractivity contribution in [3.8, 4) is 0 Å². The van der Waals surface area contributed by atoms with Gasteiger partial charge in [0.15, 0.2) is 4.34 Å². The van der Waals surface area contributed by atoms with Crippen LogP contribution in [-0.4, -0.2) is 20.8 Å². The molecular weight excluding hydrogens is 296 g/mol. The highest BCUT2D eigenvalue weighted by Gasteiger charge is 2.21. The molecular formula is C12H14N4O2S2. The number of hydrogen-bond acceptors (Lipinski definition) is 7. The van der Waals surface area contributed by atoms with Crippen LogP contribution in [0.25, 0.3) is 0 Å². The SMILES string of the molecule is CCNc1cccc(Sc2nc(CC)ns2)c1[N+](=O)[O-]. The predicted molar refractivity (Wildman–Crippen MR) is 80.7 cm³/mol. The van der Waals surface area contributed by atoms with Gasteiger partial charge in [0, 0.05) is 13.0 Å². The van der Waals surface area contributed by atoms with Gasteiger partial charge in [0.2, 0.25) is 0 Å². The van der Waals surface area contributed by atoms with E-state index in [-0.39, 0.29) is 10.6 Å². The monoisotopic (exact) mass is 310 g/mol. The van der Waals surface area contributed by atoms with Crippen LogP contribution in [0.1, 0.15) is 19.7 Å². The van der Waals surface area contributed by atoms with Gasteiger partial charge in [-0.05, 0) is 30.6 Å². The number of nitro groups is 1. The lowest BCUT2D eigenvalue weighted by Gasteiger charge is -2.07. The molecule has 1 aromatic carbocycles. The summed E-state index contributed by atoms with van der Waals surface area (Å²) in [5, 5.41) is 14.3. The number of nitro benzene ring substituents is 1. The summed E-state index contributed by atoms with van der Waals surface area (Å²) < 4.78 is 4.91. The molecule has 0 unspecified atom stereocenters. The minimum Gasteiger partial charge on any atom is -0.380 e. The molecule has 0 fully saturated rings. The second-order valence-electron chi connectivity index (χ2n) is 3.87. The Morgan fingerprint density at radius 2 is 2.25 bits per heavy atom. The molecule has 0 spiro atoms. The summed E-state index contributed by atoms with van der Waals surface area (Å²) >= 11 is 2.55. The van der Waals surface area contributed by atoms with Gasteiger partial charge in [-0.1, -0.05) is 24.8 Å². The van der Waals surface area contributed by atoms with Gasteiger partial charge in [0.25, 0.3) is 0 Å². The Morgan fingerprint density at radius 3 is 2.85 bits per heavy atom. The lowest BCUT2D eigenvalue weighted by Crippen LogP contribution is -2.02. The molecule has 106 valence electrons. The van der Waals surface area contributed by atoms with Gasteiger partial charge in [-0.15, -0.1) is 0 Å². The standard InChI is InChI=1S/C12H14N4O2S2/c1-3-10-14-12(20-15-10)19-9-7-5-6-8(13-4-2)11(9)16(17)18/h5-7,13H,3-4H2,1-2H3. The number of aryl methyl sites for hydroxylation is 1. The molecule has 0 amide bonds. The highest BCUT2D eigenvalue weighted by atomic mass is 32.2. The topological polar surface area (TPSA) is 81.0 Å². The molecule has 0 aliphatic heterocycles. The van der Waals surface area contributed by atoms with Crippen molar-refractivity contribution >= 4 is 34.7 Å². The van der Waals surface area contributed by atoms with E-state index in [0.717, 1.165) is 16.6 Å². The number of nitrogens with zero attached hydrogens (tertiary/aromatic N) is 3. The van der Waals surface area contributed by atoms with Crippen LogP contribution >= 0.6 is 23.3 Å². The van der Waals surface area contributed by atoms with Crippen LogP contribution in [0.5, 0.6) is 0 Å². The second-order valence-corrected chi connectivity index (χ2v) is 5.91. The highest BCUT2D eigenvalue weighted by Crippen LogP contribution is 2.39. The van der Waals surface area contributed by atoms with Crippen molar-refractivity contribution in [2.75, 3.05) is 11.9 Å². The fraction of sp³-hybridized carbons (Fsp3) is 0.333. The summed E-state index contributed by atoms with van der Waals surface area (Å²) in [7, 11) is 0. The summed E-state index contributed by atoms with van der Waals surface area (Å²) in [4.78, 5) is 15.8. The van der Waals surface area contributed by atoms with Gasteiger partial charge in [0.05, 0.1) is 9.82 Å². The molecule has 2 rings (SSSR count). The van der Waals surface area contributed by atoms with Gasteiger partial charge in [-0.25, -0.2) is 4.98 Å². The third-order valence-corrected chi connectivity index (χ3v) is 4.35. The quantitative estimate of drug-likeness (QED) is 0.648. The maximum Gasteiger partial charge on any atom is 0.306 e. The lowest BCUT2D eigenvalue weighted by atomic mass is 10.2. The third kappa shape index (κ3) is 3.26. The molecule has 0 aliphatic rings. The minimum atomic E-state index is -0.359. The number of aromatic nitrogens is 2. The van der Waals surface area contributed by atoms with Crippen molar-refractivity contribution in [1.82, 2.24) is 9.36 Å². The van der Waals surface area contributed by atoms with E-state index in [0.29, 0.717) is 17.1 Å². The van der Waals surface area contributed by atoms with Crippen molar-refractivity contribution in [2.24, 2.45) is 0 Å². The van der Waals surface area contributed by atoms with Crippen molar-refractivity contribution < 1.29 is 4.92 Å². The Kier molecular flexibility index (Phi) is 4.91. The first-order chi connectivity index (χ1) is 9.65. The fourth-order valence-corrected chi connectivity index (χ4v) is 3.44. The van der Waals surface area contributed by atoms with Gasteiger partial charge in [-0.3, -0.25) is 10.1 Å². The first kappa shape index (κ1) is 14.7. The van der Waals surface area contributed by atoms with Crippen LogP contribution in [0.2, 0.25) is 0 Å². The number of rotatable bonds is 6. The molecule has 0 radical (unpaired) electrons. The molecule has 0 saturated heterocycles. The van der Waals surface area contributed by atoms with E-state index >= 15 is 0 Å². The average Bonchev–Trinajstić information content (AvgIpc) is 2.86. The van der Waals surface area contributed by atoms with Crippen molar-refractivity contribution in [3.63, 3.8) is 0 Å². The van der Waals surface area contributed by atoms with Gasteiger partial charge < -0.3 is 5.32 Å². The smallest absolute Gasteiger partial charge is 0.306 e. The zero-order chi connectivity index (χ0) is 14.5. The summed E-state index contributed by atoms with van der Waals surface area (Å²) in [5.74, 6) is 0.767. The molecule has 0 aliphatic carbocycles. The Bertz CT molecular complexity index is 615. The summed E-state index contributed by atoms with van der Waals surface area (Å²) in [6, 6.07) is 5.25. The van der Waals surface area contributed by atoms with E-state index < -0.39 is 0 Å². The number of hydrogen-bond donors (Lipinski definition) is 1. The Labute approximate surface area is 124 Å². The molecule has 1 heterocycles. The first-order valence-corrected chi connectivity index (χ1v) is 7.76. The predicted octanol–water partition coefficient (Wildman–Crippen LogP) is 3.59. The van der Waals surface area contributed by atoms with Crippen molar-refractivity contribution in [3.05, 3.63) is 34.1 Å². The van der Waals surface area contributed by atoms with Crippen LogP contribution < -0.4 is 5.32 Å². The van der Waals surface area contributed by atoms with Gasteiger partial charge >= 0.3 is 5.69 Å². The molecule has 0 bridgehead atoms. The highest BCUT2D eigenvalue weighted by molar-refractivity contribution is 8.01. The molecule has 1 N–H and O–H groups in total. The van der Waals surface area contributed by atoms with E-state index in [4.69, 9.17) is 0 Å². The van der Waals surface area contributed by atoms with Crippen molar-refractivity contribution in [2.45, 2.75) is 29.5 Å². The lowest BCUT2D eigenvalue weighted by molar-refractivity contribution is -0.386. The summed E-state index contributed by atoms with van der Waals surface area (Å²) in [5.41, 5.74) is 0.621. The van der Waals surface area contributed by atoms with Crippen LogP contribution in [0.15, 0.2) is 27.4 Å². The Balaban J connectivity index is 2.35. The number of para-hydroxylation sites is 1. The van der Waals surface area contributed by atoms with Crippen LogP contribution in [0, 0.1) is 10.1 Å². The van der Waals surface area contributed by atoms with Crippen LogP contribution in [0.4, 0.5) is 11.4 Å². The first-order valence-electron chi connectivity index (χ1n) is 6.17. The number of nitrogens with one attached hydrogen (secondary N) is 1. The molecule has 0 saturated carbocycles. The van der Waals surface area contributed by atoms with Gasteiger partial charge in [0.1, 0.15) is 11.5 Å². The van der Waals surface area contributed by atoms with E-state index in [1.165, 1.54) is 23.3 Å². The molecule has 1 aromatic heterocycles. The zero-order valence-electron chi connectivity index (χ0n) is 11.1. The maximum atomic E-state index is 11.3. The third-order valence-electron chi connectivity index (χ3n) is 2.51. The van der Waals surface area contributed by atoms with Crippen LogP contribution in [0.3, 0.4) is 0 Å². The molecule has 8 heteroatoms. The van der Waals surface area contributed by atoms with Crippen LogP contribution in [-0.2, 0) is 6.42 Å². The van der Waals surface area contributed by atoms with E-state index in [1.807, 2.05) is 13.8 Å². The number of benzene rings is 1.